The van der Waals surface area contributed by atoms with Crippen LogP contribution in [0.1, 0.15) is 46.4 Å². The zero-order valence-electron chi connectivity index (χ0n) is 28.2. The zero-order chi connectivity index (χ0) is 35.3. The van der Waals surface area contributed by atoms with E-state index in [0.717, 1.165) is 66.6 Å². The minimum absolute atomic E-state index is 0.145. The fourth-order valence-electron chi connectivity index (χ4n) is 6.50. The number of benzene rings is 2. The topological polar surface area (TPSA) is 124 Å². The molecule has 6 rings (SSSR count). The van der Waals surface area contributed by atoms with Crippen LogP contribution < -0.4 is 21.9 Å². The Labute approximate surface area is 288 Å². The molecular weight excluding hydrogens is 649 g/mol. The number of nitrogens with two attached hydrogens (primary N) is 1. The van der Waals surface area contributed by atoms with E-state index in [1.807, 2.05) is 19.1 Å². The molecule has 4 N–H and O–H groups in total. The Morgan fingerprint density at radius 2 is 1.82 bits per heavy atom. The summed E-state index contributed by atoms with van der Waals surface area (Å²) in [6.07, 6.45) is 0.145. The van der Waals surface area contributed by atoms with E-state index in [1.165, 1.54) is 6.07 Å². The number of alkyl halides is 3. The summed E-state index contributed by atoms with van der Waals surface area (Å²) in [4.78, 5) is 34.7. The van der Waals surface area contributed by atoms with Crippen molar-refractivity contribution in [2.24, 2.45) is 5.73 Å². The maximum Gasteiger partial charge on any atom is 0.416 e. The van der Waals surface area contributed by atoms with Gasteiger partial charge in [0.1, 0.15) is 0 Å². The predicted octanol–water partition coefficient (Wildman–Crippen LogP) is 5.46. The van der Waals surface area contributed by atoms with E-state index in [-0.39, 0.29) is 22.9 Å². The number of morpholine rings is 1. The Morgan fingerprint density at radius 1 is 1.00 bits per heavy atom. The molecule has 1 unspecified atom stereocenters. The van der Waals surface area contributed by atoms with Crippen molar-refractivity contribution in [3.8, 4) is 11.1 Å². The van der Waals surface area contributed by atoms with E-state index in [2.05, 4.69) is 20.5 Å². The number of aromatic nitrogens is 2. The second kappa shape index (κ2) is 15.7. The van der Waals surface area contributed by atoms with Gasteiger partial charge in [-0.2, -0.15) is 13.2 Å². The Balaban J connectivity index is 1.32. The molecule has 50 heavy (non-hydrogen) atoms. The molecule has 2 aliphatic heterocycles. The van der Waals surface area contributed by atoms with Gasteiger partial charge in [-0.3, -0.25) is 19.5 Å². The van der Waals surface area contributed by atoms with Crippen LogP contribution in [0.3, 0.4) is 0 Å². The minimum Gasteiger partial charge on any atom is -0.380 e. The molecule has 1 amide bonds. The van der Waals surface area contributed by atoms with Gasteiger partial charge < -0.3 is 30.4 Å². The lowest BCUT2D eigenvalue weighted by Crippen LogP contribution is -2.39. The standard InChI is InChI=1S/C37H43F3N6O4/c1-24-6-7-29(44-35(47)25-16-27(37(38,39)40)19-31(17-25)43-30-5-3-13-50-23-30)20-32(24)33-18-26-22-42-28(4-2-8-41)21-34(26)46(36(33)48)10-9-45-11-14-49-15-12-45/h6-7,16-22,30,43H,2-5,8-15,23,41H2,1H3,(H,44,47). The first-order valence-electron chi connectivity index (χ1n) is 17.1. The van der Waals surface area contributed by atoms with Gasteiger partial charge in [0.15, 0.2) is 0 Å². The van der Waals surface area contributed by atoms with Crippen LogP contribution in [0.4, 0.5) is 24.5 Å². The van der Waals surface area contributed by atoms with E-state index in [0.29, 0.717) is 69.3 Å². The van der Waals surface area contributed by atoms with Crippen LogP contribution in [0.2, 0.25) is 0 Å². The number of ether oxygens (including phenoxy) is 2. The number of nitrogens with zero attached hydrogens (tertiary/aromatic N) is 3. The Bertz CT molecular complexity index is 1880. The van der Waals surface area contributed by atoms with Gasteiger partial charge in [0, 0.05) is 78.6 Å². The summed E-state index contributed by atoms with van der Waals surface area (Å²) in [5.74, 6) is -0.704. The fourth-order valence-corrected chi connectivity index (χ4v) is 6.50. The Morgan fingerprint density at radius 3 is 2.56 bits per heavy atom. The first kappa shape index (κ1) is 35.5. The highest BCUT2D eigenvalue weighted by Crippen LogP contribution is 2.33. The fraction of sp³-hybridized carbons (Fsp3) is 0.432. The molecule has 2 aromatic carbocycles. The number of rotatable bonds is 11. The van der Waals surface area contributed by atoms with Gasteiger partial charge in [0.05, 0.1) is 30.9 Å². The molecule has 13 heteroatoms. The van der Waals surface area contributed by atoms with Crippen LogP contribution in [0, 0.1) is 6.92 Å². The number of amides is 1. The van der Waals surface area contributed by atoms with Gasteiger partial charge in [-0.05, 0) is 92.7 Å². The number of pyridine rings is 2. The van der Waals surface area contributed by atoms with Crippen molar-refractivity contribution >= 4 is 28.2 Å². The largest absolute Gasteiger partial charge is 0.416 e. The summed E-state index contributed by atoms with van der Waals surface area (Å²) in [6, 6.07) is 12.0. The third-order valence-corrected chi connectivity index (χ3v) is 9.25. The number of hydrogen-bond donors (Lipinski definition) is 3. The molecule has 4 aromatic rings. The molecule has 0 aliphatic carbocycles. The van der Waals surface area contributed by atoms with Crippen LogP contribution in [-0.2, 0) is 28.6 Å². The van der Waals surface area contributed by atoms with Gasteiger partial charge in [0.2, 0.25) is 0 Å². The summed E-state index contributed by atoms with van der Waals surface area (Å²) >= 11 is 0. The van der Waals surface area contributed by atoms with Crippen molar-refractivity contribution in [3.05, 3.63) is 87.5 Å². The molecule has 2 fully saturated rings. The van der Waals surface area contributed by atoms with Crippen LogP contribution in [0.5, 0.6) is 0 Å². The molecule has 266 valence electrons. The van der Waals surface area contributed by atoms with Crippen LogP contribution in [0.25, 0.3) is 22.0 Å². The molecule has 0 spiro atoms. The summed E-state index contributed by atoms with van der Waals surface area (Å²) in [6.45, 7) is 7.39. The van der Waals surface area contributed by atoms with Crippen molar-refractivity contribution in [1.29, 1.82) is 0 Å². The smallest absolute Gasteiger partial charge is 0.380 e. The number of aryl methyl sites for hydroxylation is 2. The lowest BCUT2D eigenvalue weighted by Gasteiger charge is -2.27. The Kier molecular flexibility index (Phi) is 11.2. The normalized spacial score (nSPS) is 17.2. The van der Waals surface area contributed by atoms with Gasteiger partial charge in [-0.25, -0.2) is 0 Å². The molecule has 0 radical (unpaired) electrons. The van der Waals surface area contributed by atoms with E-state index >= 15 is 0 Å². The van der Waals surface area contributed by atoms with E-state index in [1.54, 1.807) is 29.0 Å². The maximum absolute atomic E-state index is 14.3. The van der Waals surface area contributed by atoms with Gasteiger partial charge in [-0.15, -0.1) is 0 Å². The van der Waals surface area contributed by atoms with Crippen LogP contribution >= 0.6 is 0 Å². The molecule has 10 nitrogen and oxygen atoms in total. The number of carbonyl (C=O) groups excluding carboxylic acids is 1. The van der Waals surface area contributed by atoms with E-state index < -0.39 is 17.6 Å². The predicted molar refractivity (Wildman–Crippen MR) is 188 cm³/mol. The first-order chi connectivity index (χ1) is 24.1. The number of hydrogen-bond acceptors (Lipinski definition) is 8. The van der Waals surface area contributed by atoms with Crippen molar-refractivity contribution in [3.63, 3.8) is 0 Å². The number of nitrogens with one attached hydrogen (secondary N) is 2. The highest BCUT2D eigenvalue weighted by Gasteiger charge is 2.32. The first-order valence-corrected chi connectivity index (χ1v) is 17.1. The van der Waals surface area contributed by atoms with Crippen molar-refractivity contribution < 1.29 is 27.4 Å². The molecule has 2 aliphatic rings. The van der Waals surface area contributed by atoms with Gasteiger partial charge in [0.25, 0.3) is 11.5 Å². The summed E-state index contributed by atoms with van der Waals surface area (Å²) in [7, 11) is 0. The second-order valence-corrected chi connectivity index (χ2v) is 12.9. The SMILES string of the molecule is Cc1ccc(NC(=O)c2cc(NC3CCCOC3)cc(C(F)(F)F)c2)cc1-c1cc2cnc(CCCN)cc2n(CCN2CCOCC2)c1=O. The second-order valence-electron chi connectivity index (χ2n) is 12.9. The molecule has 2 saturated heterocycles. The molecule has 4 heterocycles. The van der Waals surface area contributed by atoms with Gasteiger partial charge >= 0.3 is 6.18 Å². The molecule has 2 aromatic heterocycles. The summed E-state index contributed by atoms with van der Waals surface area (Å²) in [5.41, 5.74) is 8.49. The third-order valence-electron chi connectivity index (χ3n) is 9.25. The van der Waals surface area contributed by atoms with Crippen molar-refractivity contribution in [2.75, 3.05) is 63.2 Å². The summed E-state index contributed by atoms with van der Waals surface area (Å²) < 4.78 is 54.4. The monoisotopic (exact) mass is 692 g/mol. The lowest BCUT2D eigenvalue weighted by atomic mass is 9.99. The average Bonchev–Trinajstić information content (AvgIpc) is 3.11. The van der Waals surface area contributed by atoms with Gasteiger partial charge in [-0.1, -0.05) is 6.07 Å². The van der Waals surface area contributed by atoms with Crippen LogP contribution in [0.15, 0.2) is 59.5 Å². The number of anilines is 2. The molecule has 0 saturated carbocycles. The van der Waals surface area contributed by atoms with E-state index in [9.17, 15) is 22.8 Å². The number of fused-ring (bicyclic) bond motifs is 1. The van der Waals surface area contributed by atoms with E-state index in [4.69, 9.17) is 15.2 Å². The third kappa shape index (κ3) is 8.52. The minimum atomic E-state index is -4.65. The summed E-state index contributed by atoms with van der Waals surface area (Å²) in [5, 5.41) is 6.65. The molecular formula is C37H43F3N6O4. The maximum atomic E-state index is 14.3. The van der Waals surface area contributed by atoms with Crippen molar-refractivity contribution in [1.82, 2.24) is 14.5 Å². The quantitative estimate of drug-likeness (QED) is 0.190. The zero-order valence-corrected chi connectivity index (χ0v) is 28.2. The highest BCUT2D eigenvalue weighted by atomic mass is 19.4. The molecule has 0 bridgehead atoms. The number of carbonyl (C=O) groups is 1. The van der Waals surface area contributed by atoms with Crippen LogP contribution in [-0.4, -0.2) is 79.0 Å². The van der Waals surface area contributed by atoms with Crippen molar-refractivity contribution in [2.45, 2.75) is 51.4 Å². The average molecular weight is 693 g/mol. The highest BCUT2D eigenvalue weighted by molar-refractivity contribution is 6.05. The number of halogens is 3. The Hall–Kier alpha value is -4.30. The lowest BCUT2D eigenvalue weighted by molar-refractivity contribution is -0.137. The molecule has 1 atom stereocenters.